The maximum absolute atomic E-state index is 13.4. The second-order valence-electron chi connectivity index (χ2n) is 9.55. The van der Waals surface area contributed by atoms with Crippen molar-refractivity contribution in [3.05, 3.63) is 127 Å². The quantitative estimate of drug-likeness (QED) is 0.174. The number of anilines is 3. The van der Waals surface area contributed by atoms with Crippen molar-refractivity contribution in [2.75, 3.05) is 22.5 Å². The van der Waals surface area contributed by atoms with Crippen LogP contribution in [0.5, 0.6) is 0 Å². The second kappa shape index (κ2) is 11.9. The molecule has 0 atom stereocenters. The fourth-order valence-corrected chi connectivity index (χ4v) is 4.74. The lowest BCUT2D eigenvalue weighted by atomic mass is 9.99. The number of nitrogens with zero attached hydrogens (tertiary/aromatic N) is 2. The Morgan fingerprint density at radius 3 is 2.07 bits per heavy atom. The van der Waals surface area contributed by atoms with E-state index < -0.39 is 17.7 Å². The number of rotatable bonds is 8. The first kappa shape index (κ1) is 26.6. The van der Waals surface area contributed by atoms with Crippen molar-refractivity contribution in [1.82, 2.24) is 9.97 Å². The third kappa shape index (κ3) is 5.95. The molecule has 7 nitrogen and oxygen atoms in total. The molecule has 0 spiro atoms. The predicted octanol–water partition coefficient (Wildman–Crippen LogP) is 8.13. The largest absolute Gasteiger partial charge is 0.437 e. The third-order valence-corrected chi connectivity index (χ3v) is 6.63. The topological polar surface area (TPSA) is 92.1 Å². The summed E-state index contributed by atoms with van der Waals surface area (Å²) in [5.41, 5.74) is 4.97. The highest BCUT2D eigenvalue weighted by Gasteiger charge is 2.21. The number of urea groups is 1. The molecule has 0 aliphatic rings. The van der Waals surface area contributed by atoms with E-state index in [1.54, 1.807) is 12.1 Å². The van der Waals surface area contributed by atoms with Crippen molar-refractivity contribution in [1.29, 1.82) is 0 Å². The molecule has 3 N–H and O–H groups in total. The van der Waals surface area contributed by atoms with Gasteiger partial charge in [0.05, 0.1) is 5.39 Å². The van der Waals surface area contributed by atoms with Gasteiger partial charge in [0.25, 0.3) is 0 Å². The Kier molecular flexibility index (Phi) is 7.54. The Hall–Kier alpha value is -5.57. The predicted molar refractivity (Wildman–Crippen MR) is 160 cm³/mol. The van der Waals surface area contributed by atoms with E-state index in [0.717, 1.165) is 51.6 Å². The molecule has 4 aromatic carbocycles. The first-order valence-corrected chi connectivity index (χ1v) is 13.3. The Morgan fingerprint density at radius 1 is 0.738 bits per heavy atom. The van der Waals surface area contributed by atoms with Gasteiger partial charge in [-0.2, -0.15) is 0 Å². The number of benzene rings is 4. The number of aromatic nitrogens is 2. The summed E-state index contributed by atoms with van der Waals surface area (Å²) in [5.74, 6) is -0.137. The number of amides is 2. The smallest absolute Gasteiger partial charge is 0.323 e. The van der Waals surface area contributed by atoms with Crippen LogP contribution >= 0.6 is 0 Å². The highest BCUT2D eigenvalue weighted by Crippen LogP contribution is 2.42. The zero-order valence-corrected chi connectivity index (χ0v) is 22.3. The molecule has 0 unspecified atom stereocenters. The van der Waals surface area contributed by atoms with E-state index in [-0.39, 0.29) is 5.69 Å². The van der Waals surface area contributed by atoms with Gasteiger partial charge in [-0.05, 0) is 41.8 Å². The van der Waals surface area contributed by atoms with Gasteiger partial charge in [-0.3, -0.25) is 0 Å². The van der Waals surface area contributed by atoms with Crippen LogP contribution in [0, 0.1) is 11.6 Å². The van der Waals surface area contributed by atoms with Crippen molar-refractivity contribution < 1.29 is 18.0 Å². The second-order valence-corrected chi connectivity index (χ2v) is 9.55. The highest BCUT2D eigenvalue weighted by atomic mass is 19.1. The Labute approximate surface area is 240 Å². The van der Waals surface area contributed by atoms with Crippen LogP contribution in [0.1, 0.15) is 5.56 Å². The fraction of sp³-hybridized carbons (Fsp3) is 0.0606. The van der Waals surface area contributed by atoms with Gasteiger partial charge in [-0.1, -0.05) is 72.8 Å². The van der Waals surface area contributed by atoms with Crippen molar-refractivity contribution >= 4 is 34.3 Å². The van der Waals surface area contributed by atoms with Gasteiger partial charge in [0.15, 0.2) is 0 Å². The Balaban J connectivity index is 1.16. The number of furan rings is 1. The maximum Gasteiger partial charge on any atom is 0.323 e. The zero-order chi connectivity index (χ0) is 28.9. The van der Waals surface area contributed by atoms with Gasteiger partial charge in [0, 0.05) is 35.1 Å². The first-order chi connectivity index (χ1) is 20.5. The summed E-state index contributed by atoms with van der Waals surface area (Å²) in [5, 5.41) is 9.33. The minimum absolute atomic E-state index is 0.0236. The Bertz CT molecular complexity index is 1820. The SMILES string of the molecule is O=C(Nc1ccc(CCNc2ncnc3oc(-c4ccccc4)c(-c4ccccc4)c23)cc1)Nc1cc(F)cc(F)c1. The average molecular weight is 562 g/mol. The Morgan fingerprint density at radius 2 is 1.38 bits per heavy atom. The monoisotopic (exact) mass is 561 g/mol. The number of hydrogen-bond donors (Lipinski definition) is 3. The standard InChI is InChI=1S/C33H25F2N5O2/c34-24-17-25(35)19-27(18-24)40-33(41)39-26-13-11-21(12-14-26)15-16-36-31-29-28(22-7-3-1-4-8-22)30(23-9-5-2-6-10-23)42-32(29)38-20-37-31/h1-14,17-20H,15-16H2,(H,36,37,38)(H2,39,40,41). The van der Waals surface area contributed by atoms with E-state index in [0.29, 0.717) is 30.2 Å². The van der Waals surface area contributed by atoms with Crippen LogP contribution in [0.4, 0.5) is 30.8 Å². The highest BCUT2D eigenvalue weighted by molar-refractivity contribution is 6.05. The molecule has 42 heavy (non-hydrogen) atoms. The molecule has 2 heterocycles. The molecule has 0 saturated heterocycles. The molecule has 9 heteroatoms. The summed E-state index contributed by atoms with van der Waals surface area (Å²) in [7, 11) is 0. The van der Waals surface area contributed by atoms with E-state index >= 15 is 0 Å². The maximum atomic E-state index is 13.4. The summed E-state index contributed by atoms with van der Waals surface area (Å²) in [6.45, 7) is 0.588. The minimum Gasteiger partial charge on any atom is -0.437 e. The molecular weight excluding hydrogens is 536 g/mol. The molecule has 0 fully saturated rings. The van der Waals surface area contributed by atoms with E-state index in [4.69, 9.17) is 4.42 Å². The molecule has 6 aromatic rings. The van der Waals surface area contributed by atoms with Gasteiger partial charge < -0.3 is 20.4 Å². The third-order valence-electron chi connectivity index (χ3n) is 6.63. The van der Waals surface area contributed by atoms with Crippen molar-refractivity contribution in [3.63, 3.8) is 0 Å². The van der Waals surface area contributed by atoms with Crippen LogP contribution in [0.15, 0.2) is 114 Å². The van der Waals surface area contributed by atoms with Gasteiger partial charge in [-0.15, -0.1) is 0 Å². The van der Waals surface area contributed by atoms with Crippen LogP contribution in [-0.2, 0) is 6.42 Å². The number of carbonyl (C=O) groups is 1. The number of hydrogen-bond acceptors (Lipinski definition) is 5. The number of nitrogens with one attached hydrogen (secondary N) is 3. The summed E-state index contributed by atoms with van der Waals surface area (Å²) in [6.07, 6.45) is 2.17. The fourth-order valence-electron chi connectivity index (χ4n) is 4.74. The van der Waals surface area contributed by atoms with Gasteiger partial charge in [-0.25, -0.2) is 23.5 Å². The normalized spacial score (nSPS) is 10.9. The molecule has 0 aliphatic heterocycles. The van der Waals surface area contributed by atoms with Crippen LogP contribution in [0.25, 0.3) is 33.6 Å². The zero-order valence-electron chi connectivity index (χ0n) is 22.3. The average Bonchev–Trinajstić information content (AvgIpc) is 3.39. The van der Waals surface area contributed by atoms with Crippen LogP contribution < -0.4 is 16.0 Å². The van der Waals surface area contributed by atoms with Crippen molar-refractivity contribution in [2.45, 2.75) is 6.42 Å². The first-order valence-electron chi connectivity index (χ1n) is 13.3. The lowest BCUT2D eigenvalue weighted by Gasteiger charge is -2.10. The lowest BCUT2D eigenvalue weighted by molar-refractivity contribution is 0.262. The summed E-state index contributed by atoms with van der Waals surface area (Å²) in [6, 6.07) is 29.5. The van der Waals surface area contributed by atoms with E-state index in [9.17, 15) is 13.6 Å². The lowest BCUT2D eigenvalue weighted by Crippen LogP contribution is -2.19. The van der Waals surface area contributed by atoms with Crippen molar-refractivity contribution in [3.8, 4) is 22.5 Å². The van der Waals surface area contributed by atoms with Crippen LogP contribution in [-0.4, -0.2) is 22.5 Å². The van der Waals surface area contributed by atoms with Gasteiger partial charge in [0.2, 0.25) is 5.71 Å². The summed E-state index contributed by atoms with van der Waals surface area (Å²) in [4.78, 5) is 21.2. The summed E-state index contributed by atoms with van der Waals surface area (Å²) >= 11 is 0. The van der Waals surface area contributed by atoms with E-state index in [1.807, 2.05) is 72.8 Å². The minimum atomic E-state index is -0.772. The molecule has 6 rings (SSSR count). The molecular formula is C33H25F2N5O2. The molecule has 0 radical (unpaired) electrons. The van der Waals surface area contributed by atoms with Crippen molar-refractivity contribution in [2.24, 2.45) is 0 Å². The summed E-state index contributed by atoms with van der Waals surface area (Å²) < 4.78 is 33.0. The molecule has 0 bridgehead atoms. The van der Waals surface area contributed by atoms with Gasteiger partial charge in [0.1, 0.15) is 29.5 Å². The van der Waals surface area contributed by atoms with Gasteiger partial charge >= 0.3 is 6.03 Å². The number of carbonyl (C=O) groups excluding carboxylic acids is 1. The molecule has 208 valence electrons. The number of fused-ring (bicyclic) bond motifs is 1. The molecule has 2 aromatic heterocycles. The van der Waals surface area contributed by atoms with Crippen LogP contribution in [0.2, 0.25) is 0 Å². The van der Waals surface area contributed by atoms with Crippen LogP contribution in [0.3, 0.4) is 0 Å². The van der Waals surface area contributed by atoms with E-state index in [2.05, 4.69) is 25.9 Å². The molecule has 2 amide bonds. The molecule has 0 saturated carbocycles. The molecule has 0 aliphatic carbocycles. The number of halogens is 2. The van der Waals surface area contributed by atoms with E-state index in [1.165, 1.54) is 6.33 Å².